The zero-order valence-corrected chi connectivity index (χ0v) is 26.5. The first kappa shape index (κ1) is 33.3. The van der Waals surface area contributed by atoms with Crippen LogP contribution in [-0.2, 0) is 30.3 Å². The maximum atomic E-state index is 13.0. The third kappa shape index (κ3) is 7.53. The van der Waals surface area contributed by atoms with Gasteiger partial charge in [-0.15, -0.1) is 0 Å². The molecular formula is C34H46N2O8. The molecule has 0 unspecified atom stereocenters. The Morgan fingerprint density at radius 1 is 1.20 bits per heavy atom. The Morgan fingerprint density at radius 2 is 1.95 bits per heavy atom. The molecule has 0 spiro atoms. The lowest BCUT2D eigenvalue weighted by Crippen LogP contribution is -2.43. The number of fused-ring (bicyclic) bond motifs is 8. The van der Waals surface area contributed by atoms with E-state index in [0.717, 1.165) is 0 Å². The van der Waals surface area contributed by atoms with E-state index < -0.39 is 42.3 Å². The summed E-state index contributed by atoms with van der Waals surface area (Å²) in [6.45, 7) is 9.12. The highest BCUT2D eigenvalue weighted by Gasteiger charge is 2.44. The molecule has 4 aliphatic rings. The SMILES string of the molecule is CO[C@@H]1CC(=O)Nc2c(O)c3cc4c2[C@H](C=C/C=C/C[C@H](OC(=O)[C@@H](C)NC(=O)CC(C)C)[C@H](C)[C@@H](O)/C(C)=C\CC3)[C@H]1O4. The molecule has 0 saturated carbocycles. The highest BCUT2D eigenvalue weighted by Crippen LogP contribution is 2.51. The number of carbonyl (C=O) groups excluding carboxylic acids is 3. The highest BCUT2D eigenvalue weighted by molar-refractivity contribution is 5.95. The maximum absolute atomic E-state index is 13.0. The van der Waals surface area contributed by atoms with Gasteiger partial charge < -0.3 is 35.1 Å². The van der Waals surface area contributed by atoms with Gasteiger partial charge in [0.25, 0.3) is 0 Å². The number of phenols is 1. The van der Waals surface area contributed by atoms with Crippen molar-refractivity contribution in [3.8, 4) is 11.5 Å². The molecule has 44 heavy (non-hydrogen) atoms. The molecule has 2 aliphatic heterocycles. The van der Waals surface area contributed by atoms with Gasteiger partial charge in [0, 0.05) is 42.9 Å². The van der Waals surface area contributed by atoms with Crippen molar-refractivity contribution in [2.75, 3.05) is 12.4 Å². The van der Waals surface area contributed by atoms with Crippen LogP contribution in [0.4, 0.5) is 5.69 Å². The van der Waals surface area contributed by atoms with Gasteiger partial charge in [0.1, 0.15) is 35.9 Å². The number of allylic oxidation sites excluding steroid dienone is 3. The second kappa shape index (κ2) is 14.4. The summed E-state index contributed by atoms with van der Waals surface area (Å²) in [6, 6.07) is 0.995. The number of benzene rings is 1. The van der Waals surface area contributed by atoms with Crippen LogP contribution in [0.3, 0.4) is 0 Å². The molecule has 6 bridgehead atoms. The number of aromatic hydroxyl groups is 1. The largest absolute Gasteiger partial charge is 0.505 e. The average molecular weight is 611 g/mol. The molecular weight excluding hydrogens is 564 g/mol. The lowest BCUT2D eigenvalue weighted by atomic mass is 9.86. The second-order valence-corrected chi connectivity index (χ2v) is 12.5. The lowest BCUT2D eigenvalue weighted by molar-refractivity contribution is -0.156. The number of hydrogen-bond donors (Lipinski definition) is 4. The number of nitrogens with one attached hydrogen (secondary N) is 2. The minimum Gasteiger partial charge on any atom is -0.505 e. The van der Waals surface area contributed by atoms with Crippen molar-refractivity contribution >= 4 is 23.5 Å². The Kier molecular flexibility index (Phi) is 10.9. The molecule has 4 N–H and O–H groups in total. The summed E-state index contributed by atoms with van der Waals surface area (Å²) in [5.74, 6) is -1.01. The Hall–Kier alpha value is -3.63. The molecule has 2 amide bonds. The third-order valence-electron chi connectivity index (χ3n) is 8.61. The Morgan fingerprint density at radius 3 is 2.66 bits per heavy atom. The number of aryl methyl sites for hydroxylation is 1. The van der Waals surface area contributed by atoms with E-state index in [-0.39, 0.29) is 35.8 Å². The van der Waals surface area contributed by atoms with Crippen LogP contribution >= 0.6 is 0 Å². The summed E-state index contributed by atoms with van der Waals surface area (Å²) in [7, 11) is 1.55. The minimum atomic E-state index is -0.896. The Labute approximate surface area is 259 Å². The Bertz CT molecular complexity index is 1330. The second-order valence-electron chi connectivity index (χ2n) is 12.5. The molecule has 10 nitrogen and oxygen atoms in total. The van der Waals surface area contributed by atoms with Crippen LogP contribution in [-0.4, -0.2) is 65.6 Å². The Balaban J connectivity index is 1.65. The predicted molar refractivity (Wildman–Crippen MR) is 166 cm³/mol. The monoisotopic (exact) mass is 610 g/mol. The summed E-state index contributed by atoms with van der Waals surface area (Å²) in [5, 5.41) is 28.1. The van der Waals surface area contributed by atoms with E-state index in [0.29, 0.717) is 53.8 Å². The van der Waals surface area contributed by atoms with Crippen molar-refractivity contribution in [2.45, 2.75) is 103 Å². The van der Waals surface area contributed by atoms with Gasteiger partial charge in [0.15, 0.2) is 0 Å². The third-order valence-corrected chi connectivity index (χ3v) is 8.61. The van der Waals surface area contributed by atoms with Crippen LogP contribution in [0.25, 0.3) is 0 Å². The van der Waals surface area contributed by atoms with Crippen molar-refractivity contribution in [2.24, 2.45) is 11.8 Å². The number of rotatable bonds is 6. The number of methoxy groups -OCH3 is 1. The molecule has 0 saturated heterocycles. The number of carbonyl (C=O) groups is 3. The highest BCUT2D eigenvalue weighted by atomic mass is 16.5. The van der Waals surface area contributed by atoms with Gasteiger partial charge >= 0.3 is 5.97 Å². The van der Waals surface area contributed by atoms with E-state index in [4.69, 9.17) is 14.2 Å². The summed E-state index contributed by atoms with van der Waals surface area (Å²) in [4.78, 5) is 38.0. The standard InChI is InChI=1S/C34H46N2O8/c1-18(2)15-27(37)35-21(5)34(41)44-24-14-9-7-8-13-23-29-25-16-22(12-10-11-19(3)31(39)20(24)4)32(40)30(29)36-28(38)17-26(42-6)33(23)43-25/h7-9,11,13,16,18,20-21,23-24,26,31,33,39-40H,10,12,14-15,17H2,1-6H3,(H,35,37)(H,36,38)/b9-7+,13-8?,19-11-/t20-,21+,23-,24-,26+,31-,33+/m0/s1. The van der Waals surface area contributed by atoms with E-state index in [2.05, 4.69) is 10.6 Å². The number of amides is 2. The van der Waals surface area contributed by atoms with Gasteiger partial charge in [0.05, 0.1) is 18.2 Å². The molecule has 2 aliphatic carbocycles. The van der Waals surface area contributed by atoms with E-state index >= 15 is 0 Å². The number of anilines is 1. The summed E-state index contributed by atoms with van der Waals surface area (Å²) < 4.78 is 17.9. The molecule has 2 heterocycles. The maximum Gasteiger partial charge on any atom is 0.328 e. The van der Waals surface area contributed by atoms with E-state index in [1.807, 2.05) is 64.1 Å². The predicted octanol–water partition coefficient (Wildman–Crippen LogP) is 4.45. The fourth-order valence-electron chi connectivity index (χ4n) is 6.09. The molecule has 0 radical (unpaired) electrons. The smallest absolute Gasteiger partial charge is 0.328 e. The number of esters is 1. The average Bonchev–Trinajstić information content (AvgIpc) is 3.33. The molecule has 1 aromatic carbocycles. The first-order valence-electron chi connectivity index (χ1n) is 15.5. The summed E-state index contributed by atoms with van der Waals surface area (Å²) in [6.07, 6.45) is 8.58. The van der Waals surface area contributed by atoms with Gasteiger partial charge in [0.2, 0.25) is 11.8 Å². The van der Waals surface area contributed by atoms with Crippen LogP contribution in [0, 0.1) is 11.8 Å². The van der Waals surface area contributed by atoms with Crippen molar-refractivity contribution in [3.63, 3.8) is 0 Å². The molecule has 7 atom stereocenters. The summed E-state index contributed by atoms with van der Waals surface area (Å²) >= 11 is 0. The van der Waals surface area contributed by atoms with Crippen LogP contribution < -0.4 is 15.4 Å². The van der Waals surface area contributed by atoms with Crippen LogP contribution in [0.5, 0.6) is 11.5 Å². The van der Waals surface area contributed by atoms with E-state index in [9.17, 15) is 24.6 Å². The molecule has 0 fully saturated rings. The molecule has 5 rings (SSSR count). The van der Waals surface area contributed by atoms with Crippen molar-refractivity contribution < 1.29 is 38.8 Å². The zero-order chi connectivity index (χ0) is 32.1. The number of aliphatic hydroxyl groups excluding tert-OH is 1. The number of phenolic OH excluding ortho intramolecular Hbond substituents is 1. The van der Waals surface area contributed by atoms with Crippen molar-refractivity contribution in [1.29, 1.82) is 0 Å². The van der Waals surface area contributed by atoms with E-state index in [1.54, 1.807) is 14.0 Å². The quantitative estimate of drug-likeness (QED) is 0.210. The van der Waals surface area contributed by atoms with Crippen LogP contribution in [0.2, 0.25) is 0 Å². The molecule has 10 heteroatoms. The fraction of sp³-hybridized carbons (Fsp3) is 0.559. The van der Waals surface area contributed by atoms with Gasteiger partial charge in [-0.1, -0.05) is 51.2 Å². The van der Waals surface area contributed by atoms with Gasteiger partial charge in [-0.3, -0.25) is 9.59 Å². The number of hydrogen-bond acceptors (Lipinski definition) is 8. The normalized spacial score (nSPS) is 29.5. The van der Waals surface area contributed by atoms with Crippen molar-refractivity contribution in [1.82, 2.24) is 5.32 Å². The molecule has 240 valence electrons. The van der Waals surface area contributed by atoms with Crippen LogP contribution in [0.15, 0.2) is 42.0 Å². The fourth-order valence-corrected chi connectivity index (χ4v) is 6.09. The van der Waals surface area contributed by atoms with E-state index in [1.165, 1.54) is 0 Å². The van der Waals surface area contributed by atoms with Crippen LogP contribution in [0.1, 0.15) is 77.3 Å². The summed E-state index contributed by atoms with van der Waals surface area (Å²) in [5.41, 5.74) is 2.39. The topological polar surface area (TPSA) is 143 Å². The minimum absolute atomic E-state index is 0.0111. The van der Waals surface area contributed by atoms with Crippen molar-refractivity contribution in [3.05, 3.63) is 53.1 Å². The zero-order valence-electron chi connectivity index (χ0n) is 26.5. The number of ether oxygens (including phenoxy) is 3. The van der Waals surface area contributed by atoms with Gasteiger partial charge in [-0.05, 0) is 44.2 Å². The molecule has 0 aromatic heterocycles. The molecule has 1 aromatic rings. The van der Waals surface area contributed by atoms with Gasteiger partial charge in [-0.25, -0.2) is 4.79 Å². The van der Waals surface area contributed by atoms with Gasteiger partial charge in [-0.2, -0.15) is 0 Å². The first-order chi connectivity index (χ1) is 20.9. The number of aliphatic hydroxyl groups is 1. The lowest BCUT2D eigenvalue weighted by Gasteiger charge is -2.29. The first-order valence-corrected chi connectivity index (χ1v) is 15.5.